The summed E-state index contributed by atoms with van der Waals surface area (Å²) >= 11 is 0. The van der Waals surface area contributed by atoms with Gasteiger partial charge in [-0.2, -0.15) is 8.42 Å². The van der Waals surface area contributed by atoms with Gasteiger partial charge < -0.3 is 0 Å². The first kappa shape index (κ1) is 28.5. The molecule has 0 radical (unpaired) electrons. The second kappa shape index (κ2) is 12.3. The lowest BCUT2D eigenvalue weighted by Gasteiger charge is -2.26. The van der Waals surface area contributed by atoms with Gasteiger partial charge in [0.15, 0.2) is 0 Å². The Labute approximate surface area is 208 Å². The predicted molar refractivity (Wildman–Crippen MR) is 137 cm³/mol. The van der Waals surface area contributed by atoms with Gasteiger partial charge in [0.25, 0.3) is 21.4 Å². The van der Waals surface area contributed by atoms with Gasteiger partial charge in [0.05, 0.1) is 20.8 Å². The average Bonchev–Trinajstić information content (AvgIpc) is 2.77. The molecule has 12 heteroatoms. The topological polar surface area (TPSA) is 136 Å². The molecule has 35 heavy (non-hydrogen) atoms. The first-order valence-corrected chi connectivity index (χ1v) is 13.9. The van der Waals surface area contributed by atoms with Gasteiger partial charge >= 0.3 is 0 Å². The summed E-state index contributed by atoms with van der Waals surface area (Å²) in [6, 6.07) is 9.49. The number of benzene rings is 2. The van der Waals surface area contributed by atoms with Gasteiger partial charge in [-0.05, 0) is 49.8 Å². The summed E-state index contributed by atoms with van der Waals surface area (Å²) in [4.78, 5) is 21.7. The Kier molecular flexibility index (Phi) is 10.0. The first-order valence-electron chi connectivity index (χ1n) is 11.3. The number of hydrogen-bond donors (Lipinski definition) is 0. The molecule has 1 unspecified atom stereocenters. The van der Waals surface area contributed by atoms with Crippen molar-refractivity contribution in [3.8, 4) is 0 Å². The van der Waals surface area contributed by atoms with E-state index in [2.05, 4.69) is 3.77 Å². The summed E-state index contributed by atoms with van der Waals surface area (Å²) in [7, 11) is -5.76. The molecule has 2 aromatic rings. The van der Waals surface area contributed by atoms with Gasteiger partial charge in [0, 0.05) is 30.0 Å². The van der Waals surface area contributed by atoms with Crippen LogP contribution in [0.4, 0.5) is 11.4 Å². The molecule has 0 bridgehead atoms. The third kappa shape index (κ3) is 8.18. The zero-order valence-corrected chi connectivity index (χ0v) is 22.2. The van der Waals surface area contributed by atoms with Gasteiger partial charge in [0.1, 0.15) is 4.90 Å². The Morgan fingerprint density at radius 3 is 1.91 bits per heavy atom. The molecule has 2 rings (SSSR count). The van der Waals surface area contributed by atoms with E-state index in [0.717, 1.165) is 30.5 Å². The molecule has 1 atom stereocenters. The Balaban J connectivity index is 2.78. The lowest BCUT2D eigenvalue weighted by molar-refractivity contribution is -0.396. The van der Waals surface area contributed by atoms with Crippen molar-refractivity contribution in [2.24, 2.45) is 15.6 Å². The van der Waals surface area contributed by atoms with Crippen LogP contribution in [0.5, 0.6) is 0 Å². The van der Waals surface area contributed by atoms with E-state index in [0.29, 0.717) is 24.9 Å². The van der Waals surface area contributed by atoms with Crippen LogP contribution in [-0.2, 0) is 20.9 Å². The minimum Gasteiger partial charge on any atom is -0.258 e. The molecule has 0 saturated carbocycles. The van der Waals surface area contributed by atoms with Crippen molar-refractivity contribution >= 4 is 32.3 Å². The standard InChI is InChI=1S/C23H32N4O6S2/c1-17(2)12-14-25(15-13-18(3)4)34(24-35(32,33)21-9-6-19(5)7-10-21)23-11-8-20(26(28)29)16-22(23)27(30)31/h6-11,16-18H,12-15H2,1-5H3. The number of nitro benzene ring substituents is 2. The number of sulfonamides is 1. The van der Waals surface area contributed by atoms with Crippen molar-refractivity contribution in [1.82, 2.24) is 4.31 Å². The van der Waals surface area contributed by atoms with Crippen molar-refractivity contribution in [3.63, 3.8) is 0 Å². The normalized spacial score (nSPS) is 13.0. The summed E-state index contributed by atoms with van der Waals surface area (Å²) < 4.78 is 32.7. The number of aryl methyl sites for hydroxylation is 1. The van der Waals surface area contributed by atoms with Crippen LogP contribution in [0.15, 0.2) is 56.0 Å². The maximum absolute atomic E-state index is 13.3. The zero-order valence-electron chi connectivity index (χ0n) is 20.6. The fourth-order valence-corrected chi connectivity index (χ4v) is 6.69. The minimum absolute atomic E-state index is 0.0159. The third-order valence-corrected chi connectivity index (χ3v) is 9.00. The number of nitrogens with zero attached hydrogens (tertiary/aromatic N) is 4. The number of nitro groups is 2. The maximum Gasteiger partial charge on any atom is 0.292 e. The highest BCUT2D eigenvalue weighted by Gasteiger charge is 2.28. The molecular formula is C23H32N4O6S2. The molecule has 0 aromatic heterocycles. The average molecular weight is 525 g/mol. The highest BCUT2D eigenvalue weighted by atomic mass is 32.3. The summed E-state index contributed by atoms with van der Waals surface area (Å²) in [5, 5.41) is 23.1. The van der Waals surface area contributed by atoms with Crippen molar-refractivity contribution < 1.29 is 18.3 Å². The second-order valence-corrected chi connectivity index (χ2v) is 12.6. The van der Waals surface area contributed by atoms with Gasteiger partial charge in [-0.25, -0.2) is 4.31 Å². The Hall–Kier alpha value is -2.70. The quantitative estimate of drug-likeness (QED) is 0.258. The molecule has 2 aromatic carbocycles. The molecule has 0 aliphatic carbocycles. The third-order valence-electron chi connectivity index (χ3n) is 5.19. The second-order valence-electron chi connectivity index (χ2n) is 9.09. The highest BCUT2D eigenvalue weighted by molar-refractivity contribution is 7.99. The predicted octanol–water partition coefficient (Wildman–Crippen LogP) is 5.67. The molecule has 192 valence electrons. The Morgan fingerprint density at radius 2 is 1.46 bits per heavy atom. The lowest BCUT2D eigenvalue weighted by atomic mass is 10.1. The van der Waals surface area contributed by atoms with E-state index >= 15 is 0 Å². The Bertz CT molecular complexity index is 1180. The zero-order chi connectivity index (χ0) is 26.3. The van der Waals surface area contributed by atoms with Gasteiger partial charge in [0.2, 0.25) is 0 Å². The van der Waals surface area contributed by atoms with Crippen molar-refractivity contribution in [1.29, 1.82) is 0 Å². The van der Waals surface area contributed by atoms with E-state index in [1.165, 1.54) is 18.2 Å². The van der Waals surface area contributed by atoms with Crippen molar-refractivity contribution in [2.75, 3.05) is 13.1 Å². The molecule has 0 N–H and O–H groups in total. The van der Waals surface area contributed by atoms with E-state index in [1.54, 1.807) is 12.1 Å². The molecule has 10 nitrogen and oxygen atoms in total. The molecule has 0 saturated heterocycles. The SMILES string of the molecule is Cc1ccc(S(=O)(=O)/N=S(/c2ccc([N+](=O)[O-])cc2[N+](=O)[O-])N(CCC(C)C)CCC(C)C)cc1. The van der Waals surface area contributed by atoms with Crippen LogP contribution in [0, 0.1) is 39.0 Å². The van der Waals surface area contributed by atoms with Crippen molar-refractivity contribution in [3.05, 3.63) is 68.3 Å². The molecule has 0 spiro atoms. The molecule has 0 heterocycles. The van der Waals surface area contributed by atoms with Gasteiger partial charge in [-0.3, -0.25) is 20.2 Å². The molecule has 0 aliphatic rings. The fraction of sp³-hybridized carbons (Fsp3) is 0.478. The molecule has 0 amide bonds. The fourth-order valence-electron chi connectivity index (χ4n) is 3.08. The van der Waals surface area contributed by atoms with E-state index in [1.807, 2.05) is 38.9 Å². The number of non-ortho nitro benzene ring substituents is 1. The van der Waals surface area contributed by atoms with Crippen LogP contribution >= 0.6 is 0 Å². The monoisotopic (exact) mass is 524 g/mol. The largest absolute Gasteiger partial charge is 0.292 e. The first-order chi connectivity index (χ1) is 16.3. The number of hydrogen-bond acceptors (Lipinski definition) is 6. The van der Waals surface area contributed by atoms with Crippen LogP contribution < -0.4 is 0 Å². The summed E-state index contributed by atoms with van der Waals surface area (Å²) in [5.41, 5.74) is -0.0877. The molecular weight excluding hydrogens is 492 g/mol. The number of rotatable bonds is 12. The van der Waals surface area contributed by atoms with Crippen molar-refractivity contribution in [2.45, 2.75) is 57.3 Å². The van der Waals surface area contributed by atoms with Crippen LogP contribution in [0.3, 0.4) is 0 Å². The summed E-state index contributed by atoms with van der Waals surface area (Å²) in [6.45, 7) is 10.9. The van der Waals surface area contributed by atoms with Gasteiger partial charge in [-0.1, -0.05) is 45.4 Å². The van der Waals surface area contributed by atoms with Crippen LogP contribution in [0.1, 0.15) is 46.1 Å². The van der Waals surface area contributed by atoms with E-state index in [9.17, 15) is 28.6 Å². The highest BCUT2D eigenvalue weighted by Crippen LogP contribution is 2.31. The Morgan fingerprint density at radius 1 is 0.914 bits per heavy atom. The molecule has 0 aliphatic heterocycles. The lowest BCUT2D eigenvalue weighted by Crippen LogP contribution is -2.31. The summed E-state index contributed by atoms with van der Waals surface area (Å²) in [6.07, 6.45) is 1.45. The van der Waals surface area contributed by atoms with Crippen LogP contribution in [0.2, 0.25) is 0 Å². The van der Waals surface area contributed by atoms with E-state index in [4.69, 9.17) is 0 Å². The van der Waals surface area contributed by atoms with Crippen LogP contribution in [0.25, 0.3) is 0 Å². The van der Waals surface area contributed by atoms with E-state index < -0.39 is 42.1 Å². The minimum atomic E-state index is -4.18. The van der Waals surface area contributed by atoms with E-state index in [-0.39, 0.29) is 9.79 Å². The van der Waals surface area contributed by atoms with Gasteiger partial charge in [-0.15, -0.1) is 3.77 Å². The smallest absolute Gasteiger partial charge is 0.258 e. The molecule has 0 fully saturated rings. The summed E-state index contributed by atoms with van der Waals surface area (Å²) in [5.74, 6) is 0.616. The van der Waals surface area contributed by atoms with Crippen LogP contribution in [-0.4, -0.2) is 35.7 Å². The maximum atomic E-state index is 13.3.